The third-order valence-electron chi connectivity index (χ3n) is 6.85. The Labute approximate surface area is 237 Å². The van der Waals surface area contributed by atoms with E-state index in [0.717, 1.165) is 0 Å². The van der Waals surface area contributed by atoms with Gasteiger partial charge in [0, 0.05) is 54.5 Å². The van der Waals surface area contributed by atoms with Crippen LogP contribution in [0.1, 0.15) is 26.7 Å². The number of hydrogen-bond acceptors (Lipinski definition) is 7. The zero-order valence-corrected chi connectivity index (χ0v) is 23.6. The summed E-state index contributed by atoms with van der Waals surface area (Å²) in [6.45, 7) is 2.70. The first-order valence-electron chi connectivity index (χ1n) is 12.6. The van der Waals surface area contributed by atoms with Gasteiger partial charge in [0.2, 0.25) is 21.8 Å². The molecule has 12 nitrogen and oxygen atoms in total. The lowest BCUT2D eigenvalue weighted by atomic mass is 9.80. The second-order valence-electron chi connectivity index (χ2n) is 9.84. The van der Waals surface area contributed by atoms with Gasteiger partial charge in [0.1, 0.15) is 0 Å². The zero-order valence-electron chi connectivity index (χ0n) is 22.0. The van der Waals surface area contributed by atoms with Gasteiger partial charge in [0.05, 0.1) is 15.9 Å². The SMILES string of the molecule is CC(=O)Nc1ccc(NS(=O)(=O)C2=C3NC(=O)C4=C3C(CC=C4)C(S(=O)(=O)Nc3ccc(NC(C)=O)cc3)C2)cc1. The molecule has 0 fully saturated rings. The van der Waals surface area contributed by atoms with Gasteiger partial charge in [-0.3, -0.25) is 23.8 Å². The number of carbonyl (C=O) groups excluding carboxylic acids is 3. The Kier molecular flexibility index (Phi) is 7.21. The van der Waals surface area contributed by atoms with Crippen molar-refractivity contribution >= 4 is 60.5 Å². The Balaban J connectivity index is 1.48. The van der Waals surface area contributed by atoms with Crippen molar-refractivity contribution in [1.29, 1.82) is 0 Å². The van der Waals surface area contributed by atoms with E-state index in [4.69, 9.17) is 0 Å². The molecule has 0 radical (unpaired) electrons. The van der Waals surface area contributed by atoms with E-state index in [-0.39, 0.29) is 45.8 Å². The first kappa shape index (κ1) is 28.1. The summed E-state index contributed by atoms with van der Waals surface area (Å²) in [6.07, 6.45) is 3.21. The smallest absolute Gasteiger partial charge is 0.260 e. The lowest BCUT2D eigenvalue weighted by Gasteiger charge is -2.35. The van der Waals surface area contributed by atoms with Gasteiger partial charge in [-0.2, -0.15) is 0 Å². The normalized spacial score (nSPS) is 19.8. The summed E-state index contributed by atoms with van der Waals surface area (Å²) >= 11 is 0. The summed E-state index contributed by atoms with van der Waals surface area (Å²) in [5.74, 6) is -1.71. The molecule has 14 heteroatoms. The van der Waals surface area contributed by atoms with Crippen LogP contribution in [0.4, 0.5) is 22.7 Å². The fourth-order valence-electron chi connectivity index (χ4n) is 5.17. The van der Waals surface area contributed by atoms with Crippen molar-refractivity contribution < 1.29 is 31.2 Å². The standard InChI is InChI=1S/C27H27N5O7S2/c1-15(33)28-17-6-10-19(11-7-17)31-40(36,37)23-14-24(26-25-21(23)4-3-5-22(25)27(35)30-26)41(38,39)32-20-12-8-18(9-13-20)29-16(2)34/h3,5-13,21,23,31-32H,4,14H2,1-2H3,(H,28,33)(H,29,34)(H,30,35). The zero-order chi connectivity index (χ0) is 29.5. The summed E-state index contributed by atoms with van der Waals surface area (Å²) in [6, 6.07) is 12.0. The van der Waals surface area contributed by atoms with Gasteiger partial charge in [-0.05, 0) is 60.5 Å². The number of rotatable bonds is 8. The highest BCUT2D eigenvalue weighted by atomic mass is 32.2. The molecule has 1 aliphatic heterocycles. The molecule has 0 saturated heterocycles. The number of allylic oxidation sites excluding steroid dienone is 3. The van der Waals surface area contributed by atoms with Crippen molar-refractivity contribution in [1.82, 2.24) is 5.32 Å². The Bertz CT molecular complexity index is 1760. The van der Waals surface area contributed by atoms with Crippen molar-refractivity contribution in [3.05, 3.63) is 82.4 Å². The van der Waals surface area contributed by atoms with Crippen LogP contribution >= 0.6 is 0 Å². The van der Waals surface area contributed by atoms with Crippen LogP contribution in [-0.4, -0.2) is 39.8 Å². The maximum absolute atomic E-state index is 13.7. The van der Waals surface area contributed by atoms with Crippen LogP contribution in [0.5, 0.6) is 0 Å². The lowest BCUT2D eigenvalue weighted by molar-refractivity contribution is -0.116. The number of amides is 3. The lowest BCUT2D eigenvalue weighted by Crippen LogP contribution is -2.41. The van der Waals surface area contributed by atoms with Gasteiger partial charge < -0.3 is 16.0 Å². The minimum atomic E-state index is -4.33. The first-order chi connectivity index (χ1) is 19.3. The first-order valence-corrected chi connectivity index (χ1v) is 15.6. The average Bonchev–Trinajstić information content (AvgIpc) is 3.22. The van der Waals surface area contributed by atoms with Crippen molar-refractivity contribution in [2.75, 3.05) is 20.1 Å². The van der Waals surface area contributed by atoms with Gasteiger partial charge in [-0.15, -0.1) is 0 Å². The Morgan fingerprint density at radius 1 is 0.805 bits per heavy atom. The van der Waals surface area contributed by atoms with E-state index in [0.29, 0.717) is 23.4 Å². The summed E-state index contributed by atoms with van der Waals surface area (Å²) in [5.41, 5.74) is 2.08. The molecular formula is C27H27N5O7S2. The minimum absolute atomic E-state index is 0.104. The maximum Gasteiger partial charge on any atom is 0.260 e. The number of benzene rings is 2. The molecule has 3 aliphatic rings. The quantitative estimate of drug-likeness (QED) is 0.310. The van der Waals surface area contributed by atoms with Crippen LogP contribution in [0.2, 0.25) is 0 Å². The van der Waals surface area contributed by atoms with Crippen LogP contribution in [0.25, 0.3) is 0 Å². The number of hydrogen-bond donors (Lipinski definition) is 5. The Morgan fingerprint density at radius 2 is 1.32 bits per heavy atom. The minimum Gasteiger partial charge on any atom is -0.326 e. The van der Waals surface area contributed by atoms with Crippen LogP contribution < -0.4 is 25.4 Å². The fourth-order valence-corrected chi connectivity index (χ4v) is 8.35. The number of nitrogens with one attached hydrogen (secondary N) is 5. The van der Waals surface area contributed by atoms with E-state index < -0.39 is 37.1 Å². The maximum atomic E-state index is 13.7. The summed E-state index contributed by atoms with van der Waals surface area (Å²) in [4.78, 5) is 35.1. The number of sulfonamides is 2. The average molecular weight is 598 g/mol. The molecule has 2 aromatic rings. The molecule has 2 unspecified atom stereocenters. The Morgan fingerprint density at radius 3 is 1.85 bits per heavy atom. The molecule has 2 aromatic carbocycles. The van der Waals surface area contributed by atoms with E-state index >= 15 is 0 Å². The topological polar surface area (TPSA) is 180 Å². The summed E-state index contributed by atoms with van der Waals surface area (Å²) < 4.78 is 59.8. The van der Waals surface area contributed by atoms with E-state index in [1.165, 1.54) is 50.2 Å². The number of anilines is 4. The molecule has 2 atom stereocenters. The predicted molar refractivity (Wildman–Crippen MR) is 154 cm³/mol. The molecular weight excluding hydrogens is 570 g/mol. The molecule has 5 N–H and O–H groups in total. The molecule has 0 saturated carbocycles. The monoisotopic (exact) mass is 597 g/mol. The molecule has 1 heterocycles. The third-order valence-corrected chi connectivity index (χ3v) is 10.2. The summed E-state index contributed by atoms with van der Waals surface area (Å²) in [5, 5.41) is 6.63. The van der Waals surface area contributed by atoms with Crippen molar-refractivity contribution in [3.63, 3.8) is 0 Å². The van der Waals surface area contributed by atoms with Gasteiger partial charge in [0.25, 0.3) is 15.9 Å². The van der Waals surface area contributed by atoms with Crippen molar-refractivity contribution in [3.8, 4) is 0 Å². The molecule has 0 spiro atoms. The Hall–Kier alpha value is -4.43. The second kappa shape index (κ2) is 10.5. The highest BCUT2D eigenvalue weighted by Gasteiger charge is 2.49. The van der Waals surface area contributed by atoms with E-state index in [1.54, 1.807) is 24.3 Å². The van der Waals surface area contributed by atoms with E-state index in [9.17, 15) is 31.2 Å². The van der Waals surface area contributed by atoms with Crippen molar-refractivity contribution in [2.24, 2.45) is 5.92 Å². The van der Waals surface area contributed by atoms with Gasteiger partial charge >= 0.3 is 0 Å². The molecule has 0 aromatic heterocycles. The molecule has 2 aliphatic carbocycles. The second-order valence-corrected chi connectivity index (χ2v) is 13.4. The molecule has 5 rings (SSSR count). The van der Waals surface area contributed by atoms with Crippen molar-refractivity contribution in [2.45, 2.75) is 31.9 Å². The van der Waals surface area contributed by atoms with E-state index in [1.807, 2.05) is 0 Å². The highest BCUT2D eigenvalue weighted by Crippen LogP contribution is 2.47. The van der Waals surface area contributed by atoms with Crippen LogP contribution in [0.3, 0.4) is 0 Å². The summed E-state index contributed by atoms with van der Waals surface area (Å²) in [7, 11) is -8.50. The van der Waals surface area contributed by atoms with Crippen LogP contribution in [0, 0.1) is 5.92 Å². The van der Waals surface area contributed by atoms with Gasteiger partial charge in [-0.25, -0.2) is 16.8 Å². The highest BCUT2D eigenvalue weighted by molar-refractivity contribution is 7.96. The third kappa shape index (κ3) is 5.74. The largest absolute Gasteiger partial charge is 0.326 e. The molecule has 0 bridgehead atoms. The van der Waals surface area contributed by atoms with Gasteiger partial charge in [0.15, 0.2) is 0 Å². The van der Waals surface area contributed by atoms with E-state index in [2.05, 4.69) is 25.4 Å². The molecule has 41 heavy (non-hydrogen) atoms. The number of carbonyl (C=O) groups is 3. The van der Waals surface area contributed by atoms with Crippen LogP contribution in [-0.2, 0) is 34.4 Å². The fraction of sp³-hybridized carbons (Fsp3) is 0.222. The predicted octanol–water partition coefficient (Wildman–Crippen LogP) is 2.77. The molecule has 214 valence electrons. The molecule has 3 amide bonds. The van der Waals surface area contributed by atoms with Gasteiger partial charge in [-0.1, -0.05) is 12.2 Å². The van der Waals surface area contributed by atoms with Crippen LogP contribution in [0.15, 0.2) is 82.4 Å².